The average molecular weight is 573 g/mol. The Labute approximate surface area is 248 Å². The van der Waals surface area contributed by atoms with E-state index < -0.39 is 17.6 Å². The van der Waals surface area contributed by atoms with E-state index in [1.807, 2.05) is 27.7 Å². The number of aliphatic hydroxyl groups is 1. The predicted molar refractivity (Wildman–Crippen MR) is 159 cm³/mol. The van der Waals surface area contributed by atoms with Gasteiger partial charge in [0.15, 0.2) is 0 Å². The molecule has 0 aromatic rings. The highest BCUT2D eigenvalue weighted by Gasteiger charge is 2.71. The number of hydrogen-bond donors (Lipinski definition) is 1. The summed E-state index contributed by atoms with van der Waals surface area (Å²) in [6.45, 7) is 20.4. The largest absolute Gasteiger partial charge is 0.461 e. The SMILES string of the molecule is CCO[C@@H]1C[C@H]2[C@]3(C)CC[C@H]4[C@@](C)(CC)CCC[C@]4(C)[C@H]3C[C@H](OC(=O)CC(O)C(C)C)[C@]2(C)C2=C1[C@@H](C)OC2=O. The molecule has 0 amide bonds. The van der Waals surface area contributed by atoms with E-state index in [0.717, 1.165) is 24.8 Å². The number of fused-ring (bicyclic) bond motifs is 6. The van der Waals surface area contributed by atoms with Gasteiger partial charge in [0.2, 0.25) is 0 Å². The van der Waals surface area contributed by atoms with Crippen LogP contribution in [0.25, 0.3) is 0 Å². The second-order valence-corrected chi connectivity index (χ2v) is 15.6. The van der Waals surface area contributed by atoms with Crippen LogP contribution in [0.1, 0.15) is 120 Å². The van der Waals surface area contributed by atoms with Gasteiger partial charge in [-0.05, 0) is 92.3 Å². The van der Waals surface area contributed by atoms with E-state index in [-0.39, 0.29) is 53.2 Å². The van der Waals surface area contributed by atoms with Crippen molar-refractivity contribution in [3.63, 3.8) is 0 Å². The molecule has 4 aliphatic carbocycles. The van der Waals surface area contributed by atoms with Crippen molar-refractivity contribution in [3.8, 4) is 0 Å². The van der Waals surface area contributed by atoms with Gasteiger partial charge in [0, 0.05) is 17.6 Å². The summed E-state index contributed by atoms with van der Waals surface area (Å²) >= 11 is 0. The second-order valence-electron chi connectivity index (χ2n) is 15.6. The zero-order valence-electron chi connectivity index (χ0n) is 27.2. The van der Waals surface area contributed by atoms with Crippen molar-refractivity contribution < 1.29 is 28.9 Å². The van der Waals surface area contributed by atoms with Gasteiger partial charge in [-0.15, -0.1) is 0 Å². The summed E-state index contributed by atoms with van der Waals surface area (Å²) in [6, 6.07) is 0. The standard InChI is InChI=1S/C35H56O6/c1-10-32(6)14-12-15-33(7)24(32)13-16-34(8)25(33)19-27(41-28(37)17-22(36)20(3)4)35(9)26(34)18-23(39-11-2)29-21(5)40-31(38)30(29)35/h20-27,36H,10-19H2,1-9H3/t21-,22?,23-,24+,25-,26+,27+,32+,33+,34-,35-/m1/s1. The van der Waals surface area contributed by atoms with Crippen molar-refractivity contribution in [1.29, 1.82) is 0 Å². The summed E-state index contributed by atoms with van der Waals surface area (Å²) in [5.41, 5.74) is 1.43. The highest BCUT2D eigenvalue weighted by atomic mass is 16.6. The highest BCUT2D eigenvalue weighted by Crippen LogP contribution is 2.74. The van der Waals surface area contributed by atoms with Crippen LogP contribution in [0, 0.1) is 45.3 Å². The van der Waals surface area contributed by atoms with Crippen LogP contribution in [0.4, 0.5) is 0 Å². The predicted octanol–water partition coefficient (Wildman–Crippen LogP) is 7.02. The third-order valence-electron chi connectivity index (χ3n) is 13.4. The van der Waals surface area contributed by atoms with Gasteiger partial charge in [0.1, 0.15) is 12.2 Å². The van der Waals surface area contributed by atoms with Crippen molar-refractivity contribution >= 4 is 11.9 Å². The van der Waals surface area contributed by atoms with Gasteiger partial charge in [-0.25, -0.2) is 4.79 Å². The molecule has 3 fully saturated rings. The van der Waals surface area contributed by atoms with Gasteiger partial charge >= 0.3 is 11.9 Å². The van der Waals surface area contributed by atoms with Crippen molar-refractivity contribution in [1.82, 2.24) is 0 Å². The van der Waals surface area contributed by atoms with E-state index >= 15 is 0 Å². The summed E-state index contributed by atoms with van der Waals surface area (Å²) in [4.78, 5) is 27.2. The molecule has 0 saturated heterocycles. The third-order valence-corrected chi connectivity index (χ3v) is 13.4. The minimum absolute atomic E-state index is 0.0215. The van der Waals surface area contributed by atoms with E-state index in [1.165, 1.54) is 32.1 Å². The smallest absolute Gasteiger partial charge is 0.335 e. The van der Waals surface area contributed by atoms with E-state index in [2.05, 4.69) is 34.6 Å². The van der Waals surface area contributed by atoms with Crippen molar-refractivity contribution in [3.05, 3.63) is 11.1 Å². The minimum Gasteiger partial charge on any atom is -0.461 e. The lowest BCUT2D eigenvalue weighted by Gasteiger charge is -2.70. The van der Waals surface area contributed by atoms with Crippen LogP contribution in [0.2, 0.25) is 0 Å². The molecule has 1 unspecified atom stereocenters. The van der Waals surface area contributed by atoms with E-state index in [4.69, 9.17) is 14.2 Å². The first-order valence-corrected chi connectivity index (χ1v) is 16.6. The molecule has 6 heteroatoms. The summed E-state index contributed by atoms with van der Waals surface area (Å²) < 4.78 is 18.8. The summed E-state index contributed by atoms with van der Waals surface area (Å²) in [5, 5.41) is 10.6. The fraction of sp³-hybridized carbons (Fsp3) is 0.886. The Balaban J connectivity index is 1.64. The topological polar surface area (TPSA) is 82.1 Å². The Morgan fingerprint density at radius 3 is 2.34 bits per heavy atom. The molecular formula is C35H56O6. The fourth-order valence-electron chi connectivity index (χ4n) is 11.1. The molecule has 0 spiro atoms. The Bertz CT molecular complexity index is 1080. The van der Waals surface area contributed by atoms with Crippen LogP contribution >= 0.6 is 0 Å². The first-order chi connectivity index (χ1) is 19.2. The fourth-order valence-corrected chi connectivity index (χ4v) is 11.1. The Kier molecular flexibility index (Phi) is 8.06. The zero-order chi connectivity index (χ0) is 30.1. The number of ether oxygens (including phenoxy) is 3. The molecular weight excluding hydrogens is 516 g/mol. The number of esters is 2. The molecule has 1 heterocycles. The Morgan fingerprint density at radius 1 is 1.02 bits per heavy atom. The number of aliphatic hydroxyl groups excluding tert-OH is 1. The molecule has 6 nitrogen and oxygen atoms in total. The van der Waals surface area contributed by atoms with Gasteiger partial charge in [0.05, 0.1) is 24.2 Å². The number of cyclic esters (lactones) is 1. The molecule has 5 rings (SSSR count). The second kappa shape index (κ2) is 10.6. The van der Waals surface area contributed by atoms with Crippen LogP contribution in [-0.4, -0.2) is 48.1 Å². The number of carbonyl (C=O) groups is 2. The third kappa shape index (κ3) is 4.55. The molecule has 0 bridgehead atoms. The minimum atomic E-state index is -0.750. The lowest BCUT2D eigenvalue weighted by molar-refractivity contribution is -0.233. The van der Waals surface area contributed by atoms with E-state index in [0.29, 0.717) is 29.4 Å². The van der Waals surface area contributed by atoms with E-state index in [9.17, 15) is 14.7 Å². The van der Waals surface area contributed by atoms with Crippen molar-refractivity contribution in [2.75, 3.05) is 6.61 Å². The molecule has 1 aliphatic heterocycles. The molecule has 5 aliphatic rings. The van der Waals surface area contributed by atoms with Gasteiger partial charge < -0.3 is 19.3 Å². The van der Waals surface area contributed by atoms with Gasteiger partial charge in [0.25, 0.3) is 0 Å². The molecule has 11 atom stereocenters. The molecule has 232 valence electrons. The van der Waals surface area contributed by atoms with Crippen LogP contribution in [0.15, 0.2) is 11.1 Å². The summed E-state index contributed by atoms with van der Waals surface area (Å²) in [6.07, 6.45) is 7.06. The summed E-state index contributed by atoms with van der Waals surface area (Å²) in [5.74, 6) is 0.438. The Hall–Kier alpha value is -1.40. The maximum absolute atomic E-state index is 13.7. The molecule has 3 saturated carbocycles. The Morgan fingerprint density at radius 2 is 1.71 bits per heavy atom. The maximum Gasteiger partial charge on any atom is 0.335 e. The normalized spacial score (nSPS) is 46.3. The average Bonchev–Trinajstić information content (AvgIpc) is 3.21. The van der Waals surface area contributed by atoms with E-state index in [1.54, 1.807) is 0 Å². The zero-order valence-corrected chi connectivity index (χ0v) is 27.2. The van der Waals surface area contributed by atoms with Crippen LogP contribution in [-0.2, 0) is 23.8 Å². The van der Waals surface area contributed by atoms with Crippen LogP contribution < -0.4 is 0 Å². The van der Waals surface area contributed by atoms with Crippen molar-refractivity contribution in [2.45, 2.75) is 145 Å². The monoisotopic (exact) mass is 572 g/mol. The van der Waals surface area contributed by atoms with Gasteiger partial charge in [-0.1, -0.05) is 61.3 Å². The maximum atomic E-state index is 13.7. The molecule has 1 N–H and O–H groups in total. The van der Waals surface area contributed by atoms with Gasteiger partial charge in [-0.3, -0.25) is 4.79 Å². The van der Waals surface area contributed by atoms with Crippen LogP contribution in [0.5, 0.6) is 0 Å². The van der Waals surface area contributed by atoms with Crippen LogP contribution in [0.3, 0.4) is 0 Å². The van der Waals surface area contributed by atoms with Gasteiger partial charge in [-0.2, -0.15) is 0 Å². The molecule has 0 aromatic heterocycles. The highest BCUT2D eigenvalue weighted by molar-refractivity contribution is 5.95. The summed E-state index contributed by atoms with van der Waals surface area (Å²) in [7, 11) is 0. The number of carbonyl (C=O) groups excluding carboxylic acids is 2. The number of rotatable bonds is 7. The lowest BCUT2D eigenvalue weighted by atomic mass is 9.34. The molecule has 41 heavy (non-hydrogen) atoms. The molecule has 0 radical (unpaired) electrons. The lowest BCUT2D eigenvalue weighted by Crippen LogP contribution is -2.67. The first kappa shape index (κ1) is 31.0. The van der Waals surface area contributed by atoms with Crippen molar-refractivity contribution in [2.24, 2.45) is 45.3 Å². The number of hydrogen-bond acceptors (Lipinski definition) is 6. The molecule has 0 aromatic carbocycles. The first-order valence-electron chi connectivity index (χ1n) is 16.6. The quantitative estimate of drug-likeness (QED) is 0.330.